The number of hydrogen-bond donors (Lipinski definition) is 0. The van der Waals surface area contributed by atoms with Gasteiger partial charge in [-0.2, -0.15) is 0 Å². The summed E-state index contributed by atoms with van der Waals surface area (Å²) in [5.74, 6) is 1.72. The second kappa shape index (κ2) is 11.1. The predicted octanol–water partition coefficient (Wildman–Crippen LogP) is 8.58. The molecule has 0 N–H and O–H groups in total. The topological polar surface area (TPSA) is 54.0 Å². The van der Waals surface area contributed by atoms with E-state index in [1.54, 1.807) is 0 Å². The Hall–Kier alpha value is -1.38. The van der Waals surface area contributed by atoms with Crippen molar-refractivity contribution in [1.29, 1.82) is 0 Å². The Kier molecular flexibility index (Phi) is 9.45. The van der Waals surface area contributed by atoms with Crippen molar-refractivity contribution in [3.63, 3.8) is 0 Å². The Morgan fingerprint density at radius 3 is 1.18 bits per heavy atom. The van der Waals surface area contributed by atoms with Gasteiger partial charge in [-0.25, -0.2) is 0 Å². The van der Waals surface area contributed by atoms with Gasteiger partial charge in [0.05, 0.1) is 13.2 Å². The summed E-state index contributed by atoms with van der Waals surface area (Å²) in [6, 6.07) is 15.6. The van der Waals surface area contributed by atoms with Crippen molar-refractivity contribution in [3.05, 3.63) is 59.7 Å². The maximum atomic E-state index is 12.2. The van der Waals surface area contributed by atoms with Gasteiger partial charge in [0.25, 0.3) is 0 Å². The zero-order chi connectivity index (χ0) is 25.8. The fourth-order valence-electron chi connectivity index (χ4n) is 2.53. The smallest absolute Gasteiger partial charge is 0.319 e. The van der Waals surface area contributed by atoms with E-state index in [1.807, 2.05) is 48.5 Å². The predicted molar refractivity (Wildman–Crippen MR) is 147 cm³/mol. The third-order valence-corrected chi connectivity index (χ3v) is 16.4. The summed E-state index contributed by atoms with van der Waals surface area (Å²) in [6.07, 6.45) is 0. The zero-order valence-corrected chi connectivity index (χ0v) is 25.6. The summed E-state index contributed by atoms with van der Waals surface area (Å²) in [5, 5.41) is 0.286. The molecule has 34 heavy (non-hydrogen) atoms. The Labute approximate surface area is 209 Å². The maximum Gasteiger partial charge on any atom is 0.319 e. The molecule has 0 saturated carbocycles. The van der Waals surface area contributed by atoms with Crippen LogP contribution in [0, 0.1) is 0 Å². The first-order valence-corrected chi connectivity index (χ1v) is 18.9. The van der Waals surface area contributed by atoms with Crippen molar-refractivity contribution in [2.75, 3.05) is 0 Å². The van der Waals surface area contributed by atoms with Crippen molar-refractivity contribution < 1.29 is 22.5 Å². The standard InChI is InChI=1S/C26H43O5PSi2/c1-25(2,3)33(7,8)30-23-15-11-21(12-16-23)19-28-32(27)29-20-22-13-17-24(18-14-22)31-34(9,10)26(4,5)6/h11-18,32H,19-20H2,1-10H3. The SMILES string of the molecule is CC(C)(C)[Si](C)(C)Oc1ccc(CO[PH](=O)OCc2ccc(O[Si](C)(C)C(C)(C)C)cc2)cc1. The van der Waals surface area contributed by atoms with Gasteiger partial charge in [0.15, 0.2) is 0 Å². The third-order valence-electron chi connectivity index (χ3n) is 6.92. The van der Waals surface area contributed by atoms with Crippen LogP contribution in [0.1, 0.15) is 52.7 Å². The lowest BCUT2D eigenvalue weighted by atomic mass is 10.2. The molecule has 0 aliphatic carbocycles. The van der Waals surface area contributed by atoms with Gasteiger partial charge in [0.1, 0.15) is 11.5 Å². The average molecular weight is 523 g/mol. The molecule has 0 unspecified atom stereocenters. The average Bonchev–Trinajstić information content (AvgIpc) is 2.70. The van der Waals surface area contributed by atoms with E-state index >= 15 is 0 Å². The minimum Gasteiger partial charge on any atom is -0.544 e. The summed E-state index contributed by atoms with van der Waals surface area (Å²) in [6.45, 7) is 22.7. The monoisotopic (exact) mass is 522 g/mol. The van der Waals surface area contributed by atoms with Gasteiger partial charge >= 0.3 is 8.25 Å². The lowest BCUT2D eigenvalue weighted by molar-refractivity contribution is 0.213. The number of benzene rings is 2. The highest BCUT2D eigenvalue weighted by molar-refractivity contribution is 7.33. The van der Waals surface area contributed by atoms with E-state index in [0.717, 1.165) is 22.6 Å². The van der Waals surface area contributed by atoms with Gasteiger partial charge in [-0.1, -0.05) is 65.8 Å². The summed E-state index contributed by atoms with van der Waals surface area (Å²) in [7, 11) is -6.34. The van der Waals surface area contributed by atoms with E-state index in [9.17, 15) is 4.57 Å². The van der Waals surface area contributed by atoms with Gasteiger partial charge in [-0.15, -0.1) is 0 Å². The Balaban J connectivity index is 1.80. The summed E-state index contributed by atoms with van der Waals surface area (Å²) < 4.78 is 35.7. The maximum absolute atomic E-state index is 12.2. The van der Waals surface area contributed by atoms with Crippen molar-refractivity contribution in [2.24, 2.45) is 0 Å². The van der Waals surface area contributed by atoms with Crippen LogP contribution in [0.5, 0.6) is 11.5 Å². The molecule has 190 valence electrons. The van der Waals surface area contributed by atoms with Crippen LogP contribution in [0.3, 0.4) is 0 Å². The Bertz CT molecular complexity index is 866. The van der Waals surface area contributed by atoms with E-state index in [0.29, 0.717) is 0 Å². The molecule has 0 heterocycles. The molecule has 5 nitrogen and oxygen atoms in total. The van der Waals surface area contributed by atoms with Gasteiger partial charge in [-0.05, 0) is 71.7 Å². The molecule has 8 heteroatoms. The molecule has 0 fully saturated rings. The molecule has 0 bridgehead atoms. The van der Waals surface area contributed by atoms with Gasteiger partial charge in [0, 0.05) is 0 Å². The first kappa shape index (κ1) is 28.9. The Morgan fingerprint density at radius 1 is 0.618 bits per heavy atom. The lowest BCUT2D eigenvalue weighted by Gasteiger charge is -2.36. The van der Waals surface area contributed by atoms with Crippen LogP contribution in [0.15, 0.2) is 48.5 Å². The molecule has 0 atom stereocenters. The third kappa shape index (κ3) is 8.38. The van der Waals surface area contributed by atoms with Gasteiger partial charge < -0.3 is 17.9 Å². The van der Waals surface area contributed by atoms with E-state index in [-0.39, 0.29) is 23.3 Å². The molecule has 2 rings (SSSR count). The lowest BCUT2D eigenvalue weighted by Crippen LogP contribution is -2.43. The van der Waals surface area contributed by atoms with E-state index < -0.39 is 24.9 Å². The highest BCUT2D eigenvalue weighted by atomic mass is 31.1. The number of hydrogen-bond acceptors (Lipinski definition) is 5. The van der Waals surface area contributed by atoms with Gasteiger partial charge in [0.2, 0.25) is 16.6 Å². The second-order valence-corrected chi connectivity index (χ2v) is 22.4. The van der Waals surface area contributed by atoms with Crippen LogP contribution < -0.4 is 8.85 Å². The Morgan fingerprint density at radius 2 is 0.912 bits per heavy atom. The zero-order valence-electron chi connectivity index (χ0n) is 22.6. The highest BCUT2D eigenvalue weighted by Gasteiger charge is 2.39. The molecule has 2 aromatic carbocycles. The molecule has 2 aromatic rings. The van der Waals surface area contributed by atoms with E-state index in [4.69, 9.17) is 17.9 Å². The molecule has 0 aromatic heterocycles. The van der Waals surface area contributed by atoms with Crippen molar-refractivity contribution in [3.8, 4) is 11.5 Å². The van der Waals surface area contributed by atoms with Crippen LogP contribution >= 0.6 is 8.25 Å². The first-order chi connectivity index (χ1) is 15.5. The molecule has 0 spiro atoms. The van der Waals surface area contributed by atoms with Gasteiger partial charge in [-0.3, -0.25) is 4.57 Å². The second-order valence-electron chi connectivity index (χ2n) is 11.8. The normalized spacial score (nSPS) is 13.3. The van der Waals surface area contributed by atoms with Crippen molar-refractivity contribution in [2.45, 2.75) is 91.0 Å². The molecule has 0 radical (unpaired) electrons. The fourth-order valence-corrected chi connectivity index (χ4v) is 5.24. The molecule has 0 saturated heterocycles. The minimum absolute atomic E-state index is 0.143. The summed E-state index contributed by atoms with van der Waals surface area (Å²) >= 11 is 0. The number of rotatable bonds is 10. The molecular formula is C26H43O5PSi2. The van der Waals surface area contributed by atoms with E-state index in [2.05, 4.69) is 67.7 Å². The van der Waals surface area contributed by atoms with Crippen LogP contribution in [-0.2, 0) is 26.8 Å². The minimum atomic E-state index is -2.60. The first-order valence-electron chi connectivity index (χ1n) is 11.9. The van der Waals surface area contributed by atoms with Crippen LogP contribution in [0.2, 0.25) is 36.3 Å². The molecule has 0 amide bonds. The van der Waals surface area contributed by atoms with Crippen molar-refractivity contribution in [1.82, 2.24) is 0 Å². The molecular weight excluding hydrogens is 479 g/mol. The largest absolute Gasteiger partial charge is 0.544 e. The summed E-state index contributed by atoms with van der Waals surface area (Å²) in [4.78, 5) is 0. The molecule has 0 aliphatic rings. The highest BCUT2D eigenvalue weighted by Crippen LogP contribution is 2.38. The molecule has 0 aliphatic heterocycles. The van der Waals surface area contributed by atoms with Crippen molar-refractivity contribution >= 4 is 24.9 Å². The van der Waals surface area contributed by atoms with Crippen LogP contribution in [0.4, 0.5) is 0 Å². The van der Waals surface area contributed by atoms with Crippen LogP contribution in [-0.4, -0.2) is 16.6 Å². The van der Waals surface area contributed by atoms with E-state index in [1.165, 1.54) is 0 Å². The van der Waals surface area contributed by atoms with Crippen LogP contribution in [0.25, 0.3) is 0 Å². The fraction of sp³-hybridized carbons (Fsp3) is 0.538. The quantitative estimate of drug-likeness (QED) is 0.231. The summed E-state index contributed by atoms with van der Waals surface area (Å²) in [5.41, 5.74) is 1.85.